The highest BCUT2D eigenvalue weighted by atomic mass is 16.3. The highest BCUT2D eigenvalue weighted by Crippen LogP contribution is 2.29. The monoisotopic (exact) mass is 243 g/mol. The molecular weight excluding hydrogens is 222 g/mol. The van der Waals surface area contributed by atoms with E-state index in [1.165, 1.54) is 0 Å². The molecule has 0 amide bonds. The molecule has 18 heavy (non-hydrogen) atoms. The summed E-state index contributed by atoms with van der Waals surface area (Å²) in [5, 5.41) is 13.8. The van der Waals surface area contributed by atoms with Crippen LogP contribution >= 0.6 is 0 Å². The summed E-state index contributed by atoms with van der Waals surface area (Å²) in [5.74, 6) is 0.751. The number of likely N-dealkylation sites (N-methyl/N-ethyl adjacent to an activating group) is 1. The van der Waals surface area contributed by atoms with Crippen molar-refractivity contribution in [3.05, 3.63) is 60.2 Å². The van der Waals surface area contributed by atoms with Crippen molar-refractivity contribution in [2.24, 2.45) is 11.8 Å². The van der Waals surface area contributed by atoms with E-state index >= 15 is 0 Å². The average Bonchev–Trinajstić information content (AvgIpc) is 2.42. The molecule has 0 fully saturated rings. The van der Waals surface area contributed by atoms with Gasteiger partial charge in [-0.3, -0.25) is 0 Å². The SMILES string of the molecule is CN[C@H](C1C=CC=CC1C)[C@H](O)c1ccccc1. The van der Waals surface area contributed by atoms with Gasteiger partial charge in [-0.15, -0.1) is 0 Å². The lowest BCUT2D eigenvalue weighted by Crippen LogP contribution is -2.41. The molecule has 1 aliphatic rings. The van der Waals surface area contributed by atoms with Crippen molar-refractivity contribution in [1.82, 2.24) is 5.32 Å². The average molecular weight is 243 g/mol. The maximum Gasteiger partial charge on any atom is 0.0948 e. The third-order valence-corrected chi connectivity index (χ3v) is 3.70. The van der Waals surface area contributed by atoms with Crippen LogP contribution in [0.25, 0.3) is 0 Å². The summed E-state index contributed by atoms with van der Waals surface area (Å²) in [6, 6.07) is 9.88. The molecule has 0 saturated heterocycles. The maximum atomic E-state index is 10.5. The van der Waals surface area contributed by atoms with Gasteiger partial charge in [0.1, 0.15) is 0 Å². The fourth-order valence-electron chi connectivity index (χ4n) is 2.60. The standard InChI is InChI=1S/C16H21NO/c1-12-8-6-7-11-14(12)15(17-2)16(18)13-9-4-3-5-10-13/h3-12,14-18H,1-2H3/t12?,14?,15-,16-/m1/s1. The first-order valence-corrected chi connectivity index (χ1v) is 6.49. The first-order valence-electron chi connectivity index (χ1n) is 6.49. The Morgan fingerprint density at radius 2 is 1.78 bits per heavy atom. The van der Waals surface area contributed by atoms with Gasteiger partial charge >= 0.3 is 0 Å². The van der Waals surface area contributed by atoms with Gasteiger partial charge in [0.15, 0.2) is 0 Å². The Morgan fingerprint density at radius 3 is 2.39 bits per heavy atom. The molecule has 2 N–H and O–H groups in total. The molecule has 0 radical (unpaired) electrons. The van der Waals surface area contributed by atoms with Crippen molar-refractivity contribution in [1.29, 1.82) is 0 Å². The largest absolute Gasteiger partial charge is 0.387 e. The van der Waals surface area contributed by atoms with E-state index in [0.717, 1.165) is 5.56 Å². The summed E-state index contributed by atoms with van der Waals surface area (Å²) in [6.45, 7) is 2.19. The van der Waals surface area contributed by atoms with Crippen molar-refractivity contribution in [2.45, 2.75) is 19.1 Å². The van der Waals surface area contributed by atoms with Gasteiger partial charge < -0.3 is 10.4 Å². The second kappa shape index (κ2) is 5.98. The van der Waals surface area contributed by atoms with E-state index in [0.29, 0.717) is 11.8 Å². The molecule has 2 heteroatoms. The second-order valence-electron chi connectivity index (χ2n) is 4.88. The van der Waals surface area contributed by atoms with Crippen molar-refractivity contribution in [3.8, 4) is 0 Å². The molecular formula is C16H21NO. The molecule has 96 valence electrons. The molecule has 1 aliphatic carbocycles. The third kappa shape index (κ3) is 2.71. The lowest BCUT2D eigenvalue weighted by atomic mass is 9.80. The number of aliphatic hydroxyl groups is 1. The number of benzene rings is 1. The van der Waals surface area contributed by atoms with E-state index in [9.17, 15) is 5.11 Å². The molecule has 0 heterocycles. The number of hydrogen-bond donors (Lipinski definition) is 2. The minimum Gasteiger partial charge on any atom is -0.387 e. The Hall–Kier alpha value is -1.38. The lowest BCUT2D eigenvalue weighted by Gasteiger charge is -2.33. The summed E-state index contributed by atoms with van der Waals surface area (Å²) >= 11 is 0. The first kappa shape index (κ1) is 13.1. The van der Waals surface area contributed by atoms with Crippen LogP contribution in [0.4, 0.5) is 0 Å². The van der Waals surface area contributed by atoms with Gasteiger partial charge in [-0.2, -0.15) is 0 Å². The zero-order valence-corrected chi connectivity index (χ0v) is 11.0. The predicted octanol–water partition coefficient (Wildman–Crippen LogP) is 2.69. The number of nitrogens with one attached hydrogen (secondary N) is 1. The normalized spacial score (nSPS) is 25.9. The minimum absolute atomic E-state index is 0.0311. The molecule has 2 unspecified atom stereocenters. The van der Waals surface area contributed by atoms with Crippen LogP contribution < -0.4 is 5.32 Å². The Balaban J connectivity index is 2.18. The van der Waals surface area contributed by atoms with Crippen LogP contribution in [0.1, 0.15) is 18.6 Å². The van der Waals surface area contributed by atoms with E-state index < -0.39 is 6.10 Å². The smallest absolute Gasteiger partial charge is 0.0948 e. The van der Waals surface area contributed by atoms with Crippen LogP contribution in [-0.4, -0.2) is 18.2 Å². The van der Waals surface area contributed by atoms with E-state index in [1.807, 2.05) is 37.4 Å². The van der Waals surface area contributed by atoms with Gasteiger partial charge in [-0.05, 0) is 18.5 Å². The second-order valence-corrected chi connectivity index (χ2v) is 4.88. The summed E-state index contributed by atoms with van der Waals surface area (Å²) < 4.78 is 0. The molecule has 2 rings (SSSR count). The van der Waals surface area contributed by atoms with Crippen molar-refractivity contribution in [2.75, 3.05) is 7.05 Å². The van der Waals surface area contributed by atoms with Crippen LogP contribution in [0, 0.1) is 11.8 Å². The van der Waals surface area contributed by atoms with Gasteiger partial charge in [-0.1, -0.05) is 61.6 Å². The molecule has 0 bridgehead atoms. The van der Waals surface area contributed by atoms with E-state index in [-0.39, 0.29) is 6.04 Å². The van der Waals surface area contributed by atoms with Gasteiger partial charge in [0.05, 0.1) is 6.10 Å². The first-order chi connectivity index (χ1) is 8.74. The Morgan fingerprint density at radius 1 is 1.11 bits per heavy atom. The minimum atomic E-state index is -0.486. The summed E-state index contributed by atoms with van der Waals surface area (Å²) in [4.78, 5) is 0. The number of aliphatic hydroxyl groups excluding tert-OH is 1. The fourth-order valence-corrected chi connectivity index (χ4v) is 2.60. The zero-order valence-electron chi connectivity index (χ0n) is 11.0. The highest BCUT2D eigenvalue weighted by Gasteiger charge is 2.29. The van der Waals surface area contributed by atoms with Crippen LogP contribution in [-0.2, 0) is 0 Å². The Bertz CT molecular complexity index is 424. The van der Waals surface area contributed by atoms with Crippen LogP contribution in [0.15, 0.2) is 54.6 Å². The summed E-state index contributed by atoms with van der Waals surface area (Å²) in [7, 11) is 1.91. The molecule has 0 spiro atoms. The predicted molar refractivity (Wildman–Crippen MR) is 75.2 cm³/mol. The van der Waals surface area contributed by atoms with Crippen molar-refractivity contribution >= 4 is 0 Å². The number of allylic oxidation sites excluding steroid dienone is 3. The lowest BCUT2D eigenvalue weighted by molar-refractivity contribution is 0.103. The molecule has 2 nitrogen and oxygen atoms in total. The summed E-state index contributed by atoms with van der Waals surface area (Å²) in [5.41, 5.74) is 0.965. The van der Waals surface area contributed by atoms with Gasteiger partial charge in [-0.25, -0.2) is 0 Å². The van der Waals surface area contributed by atoms with Crippen molar-refractivity contribution < 1.29 is 5.11 Å². The van der Waals surface area contributed by atoms with E-state index in [4.69, 9.17) is 0 Å². The molecule has 0 aromatic heterocycles. The third-order valence-electron chi connectivity index (χ3n) is 3.70. The highest BCUT2D eigenvalue weighted by molar-refractivity contribution is 5.22. The van der Waals surface area contributed by atoms with Crippen LogP contribution in [0.2, 0.25) is 0 Å². The Labute approximate surface area is 109 Å². The van der Waals surface area contributed by atoms with Gasteiger partial charge in [0.25, 0.3) is 0 Å². The zero-order chi connectivity index (χ0) is 13.0. The molecule has 1 aromatic carbocycles. The van der Waals surface area contributed by atoms with Crippen LogP contribution in [0.3, 0.4) is 0 Å². The molecule has 1 aromatic rings. The molecule has 4 atom stereocenters. The Kier molecular flexibility index (Phi) is 4.34. The quantitative estimate of drug-likeness (QED) is 0.852. The molecule has 0 aliphatic heterocycles. The van der Waals surface area contributed by atoms with Crippen molar-refractivity contribution in [3.63, 3.8) is 0 Å². The number of rotatable bonds is 4. The van der Waals surface area contributed by atoms with E-state index in [1.54, 1.807) is 0 Å². The van der Waals surface area contributed by atoms with E-state index in [2.05, 4.69) is 36.5 Å². The van der Waals surface area contributed by atoms with Crippen LogP contribution in [0.5, 0.6) is 0 Å². The maximum absolute atomic E-state index is 10.5. The number of hydrogen-bond acceptors (Lipinski definition) is 2. The topological polar surface area (TPSA) is 32.3 Å². The fraction of sp³-hybridized carbons (Fsp3) is 0.375. The van der Waals surface area contributed by atoms with Gasteiger partial charge in [0, 0.05) is 12.0 Å². The molecule has 0 saturated carbocycles. The van der Waals surface area contributed by atoms with Gasteiger partial charge in [0.2, 0.25) is 0 Å². The summed E-state index contributed by atoms with van der Waals surface area (Å²) in [6.07, 6.45) is 8.01.